The normalized spacial score (nSPS) is 28.0. The number of ether oxygens (including phenoxy) is 1. The molecule has 3 heterocycles. The Balaban J connectivity index is 1.64. The van der Waals surface area contributed by atoms with Gasteiger partial charge in [-0.25, -0.2) is 0 Å². The maximum atomic E-state index is 14.8. The lowest BCUT2D eigenvalue weighted by Gasteiger charge is -2.39. The van der Waals surface area contributed by atoms with Gasteiger partial charge in [-0.15, -0.1) is 13.2 Å². The number of para-hydroxylation sites is 2. The number of hydrogen-bond acceptors (Lipinski definition) is 5. The average molecular weight is 671 g/mol. The van der Waals surface area contributed by atoms with Crippen molar-refractivity contribution in [2.45, 2.75) is 55.3 Å². The quantitative estimate of drug-likeness (QED) is 0.271. The topological polar surface area (TPSA) is 90.4 Å². The molecule has 0 aliphatic carbocycles. The molecule has 3 fully saturated rings. The molecule has 5 rings (SSSR count). The first-order chi connectivity index (χ1) is 20.7. The molecule has 0 radical (unpaired) electrons. The van der Waals surface area contributed by atoms with Gasteiger partial charge in [0.05, 0.1) is 41.3 Å². The lowest BCUT2D eigenvalue weighted by molar-refractivity contribution is -0.144. The molecule has 228 valence electrons. The third kappa shape index (κ3) is 5.04. The molecule has 1 spiro atoms. The number of carbonyl (C=O) groups is 3. The second-order valence-electron chi connectivity index (χ2n) is 11.4. The molecule has 2 aromatic carbocycles. The van der Waals surface area contributed by atoms with Crippen LogP contribution in [0.4, 0.5) is 11.4 Å². The summed E-state index contributed by atoms with van der Waals surface area (Å²) in [7, 11) is 0. The first-order valence-electron chi connectivity index (χ1n) is 14.6. The second kappa shape index (κ2) is 12.6. The van der Waals surface area contributed by atoms with Crippen LogP contribution in [0.2, 0.25) is 5.02 Å². The Morgan fingerprint density at radius 3 is 2.42 bits per heavy atom. The summed E-state index contributed by atoms with van der Waals surface area (Å²) < 4.78 is 6.72. The van der Waals surface area contributed by atoms with Crippen molar-refractivity contribution in [2.75, 3.05) is 29.5 Å². The summed E-state index contributed by atoms with van der Waals surface area (Å²) in [6.07, 6.45) is 3.39. The molecule has 7 atom stereocenters. The number of halogens is 2. The number of fused-ring (bicyclic) bond motifs is 1. The molecule has 3 aliphatic heterocycles. The minimum Gasteiger partial charge on any atom is -0.394 e. The average Bonchev–Trinajstić information content (AvgIpc) is 3.59. The monoisotopic (exact) mass is 669 g/mol. The first kappa shape index (κ1) is 31.4. The summed E-state index contributed by atoms with van der Waals surface area (Å²) in [5.74, 6) is -2.78. The number of amides is 3. The number of anilines is 2. The van der Waals surface area contributed by atoms with Crippen LogP contribution in [0.5, 0.6) is 0 Å². The van der Waals surface area contributed by atoms with Crippen LogP contribution in [0.15, 0.2) is 73.8 Å². The number of nitrogens with zero attached hydrogens (tertiary/aromatic N) is 3. The fraction of sp³-hybridized carbons (Fsp3) is 0.424. The summed E-state index contributed by atoms with van der Waals surface area (Å²) >= 11 is 10.4. The van der Waals surface area contributed by atoms with Crippen molar-refractivity contribution >= 4 is 56.6 Å². The second-order valence-corrected chi connectivity index (χ2v) is 13.0. The van der Waals surface area contributed by atoms with Crippen LogP contribution in [-0.4, -0.2) is 76.0 Å². The fourth-order valence-electron chi connectivity index (χ4n) is 7.21. The van der Waals surface area contributed by atoms with E-state index in [0.29, 0.717) is 29.2 Å². The van der Waals surface area contributed by atoms with Gasteiger partial charge < -0.3 is 24.5 Å². The Bertz CT molecular complexity index is 1400. The molecular weight excluding hydrogens is 634 g/mol. The first-order valence-corrected chi connectivity index (χ1v) is 15.9. The van der Waals surface area contributed by atoms with Gasteiger partial charge in [-0.1, -0.05) is 76.9 Å². The van der Waals surface area contributed by atoms with Gasteiger partial charge in [0.2, 0.25) is 11.8 Å². The molecule has 3 unspecified atom stereocenters. The van der Waals surface area contributed by atoms with E-state index in [1.807, 2.05) is 56.3 Å². The summed E-state index contributed by atoms with van der Waals surface area (Å²) in [6.45, 7) is 11.5. The largest absolute Gasteiger partial charge is 0.394 e. The van der Waals surface area contributed by atoms with Gasteiger partial charge in [-0.2, -0.15) is 0 Å². The number of carbonyl (C=O) groups excluding carboxylic acids is 3. The van der Waals surface area contributed by atoms with Gasteiger partial charge in [0.1, 0.15) is 11.6 Å². The Morgan fingerprint density at radius 2 is 1.81 bits per heavy atom. The van der Waals surface area contributed by atoms with Crippen LogP contribution >= 0.6 is 27.5 Å². The van der Waals surface area contributed by atoms with Gasteiger partial charge >= 0.3 is 0 Å². The number of aryl methyl sites for hydroxylation is 1. The highest BCUT2D eigenvalue weighted by atomic mass is 79.9. The van der Waals surface area contributed by atoms with Gasteiger partial charge in [-0.05, 0) is 43.5 Å². The zero-order chi connectivity index (χ0) is 31.1. The van der Waals surface area contributed by atoms with Crippen molar-refractivity contribution in [3.63, 3.8) is 0 Å². The third-order valence-corrected chi connectivity index (χ3v) is 10.2. The van der Waals surface area contributed by atoms with Crippen molar-refractivity contribution in [1.82, 2.24) is 4.90 Å². The van der Waals surface area contributed by atoms with E-state index in [0.717, 1.165) is 5.56 Å². The smallest absolute Gasteiger partial charge is 0.253 e. The fourth-order valence-corrected chi connectivity index (χ4v) is 8.48. The predicted molar refractivity (Wildman–Crippen MR) is 171 cm³/mol. The molecule has 8 nitrogen and oxygen atoms in total. The van der Waals surface area contributed by atoms with E-state index in [2.05, 4.69) is 29.1 Å². The van der Waals surface area contributed by atoms with Crippen molar-refractivity contribution in [3.8, 4) is 0 Å². The van der Waals surface area contributed by atoms with Crippen LogP contribution in [0, 0.1) is 18.8 Å². The van der Waals surface area contributed by atoms with E-state index in [1.54, 1.807) is 28.0 Å². The van der Waals surface area contributed by atoms with Gasteiger partial charge in [0, 0.05) is 23.6 Å². The summed E-state index contributed by atoms with van der Waals surface area (Å²) in [6, 6.07) is 12.9. The number of aliphatic hydroxyl groups excluding tert-OH is 1. The lowest BCUT2D eigenvalue weighted by atomic mass is 9.70. The number of hydrogen-bond donors (Lipinski definition) is 1. The van der Waals surface area contributed by atoms with Crippen LogP contribution in [-0.2, 0) is 19.1 Å². The van der Waals surface area contributed by atoms with Crippen molar-refractivity contribution in [3.05, 3.63) is 84.4 Å². The van der Waals surface area contributed by atoms with Crippen molar-refractivity contribution in [2.24, 2.45) is 11.8 Å². The van der Waals surface area contributed by atoms with Crippen LogP contribution in [0.1, 0.15) is 25.3 Å². The maximum Gasteiger partial charge on any atom is 0.253 e. The maximum absolute atomic E-state index is 14.8. The summed E-state index contributed by atoms with van der Waals surface area (Å²) in [5.41, 5.74) is 0.697. The molecule has 2 bridgehead atoms. The standard InChI is InChI=1S/C33H37BrClN3O5/c1-5-16-36(22-13-9-8-10-14-22)30(40)25-26-31(41)38(21(7-3)19-39)29(33(26)18-23(34)28(25)43-33)32(42)37(17-6-2)27-20(4)12-11-15-24(27)35/h5-6,8-15,21,23,25-26,28-29,39H,1-2,7,16-19H2,3-4H3/t21-,23?,25-,26-,28-,29?,33?/m0/s1. The number of alkyl halides is 1. The Kier molecular flexibility index (Phi) is 9.18. The highest BCUT2D eigenvalue weighted by Crippen LogP contribution is 2.61. The SMILES string of the molecule is C=CCN(C(=O)[C@H]1[C@H]2C(=O)N([C@@H](CC)CO)C(C(=O)N(CC=C)c3c(C)cccc3Cl)C23CC(Br)[C@@H]1O3)c1ccccc1. The Morgan fingerprint density at radius 1 is 1.14 bits per heavy atom. The number of benzene rings is 2. The molecule has 0 aromatic heterocycles. The van der Waals surface area contributed by atoms with Crippen LogP contribution in [0.3, 0.4) is 0 Å². The molecule has 43 heavy (non-hydrogen) atoms. The highest BCUT2D eigenvalue weighted by molar-refractivity contribution is 9.09. The number of aliphatic hydroxyl groups is 1. The molecular formula is C33H37BrClN3O5. The molecule has 3 amide bonds. The Hall–Kier alpha value is -2.98. The van der Waals surface area contributed by atoms with E-state index in [1.165, 1.54) is 4.90 Å². The van der Waals surface area contributed by atoms with Gasteiger partial charge in [0.15, 0.2) is 0 Å². The third-order valence-electron chi connectivity index (χ3n) is 9.00. The van der Waals surface area contributed by atoms with E-state index in [9.17, 15) is 19.5 Å². The van der Waals surface area contributed by atoms with Crippen molar-refractivity contribution in [1.29, 1.82) is 0 Å². The minimum absolute atomic E-state index is 0.142. The van der Waals surface area contributed by atoms with Gasteiger partial charge in [-0.3, -0.25) is 14.4 Å². The predicted octanol–water partition coefficient (Wildman–Crippen LogP) is 4.91. The highest BCUT2D eigenvalue weighted by Gasteiger charge is 2.77. The van der Waals surface area contributed by atoms with Crippen LogP contribution in [0.25, 0.3) is 0 Å². The van der Waals surface area contributed by atoms with E-state index < -0.39 is 41.5 Å². The van der Waals surface area contributed by atoms with Crippen molar-refractivity contribution < 1.29 is 24.2 Å². The van der Waals surface area contributed by atoms with E-state index in [4.69, 9.17) is 16.3 Å². The molecule has 2 aromatic rings. The van der Waals surface area contributed by atoms with E-state index in [-0.39, 0.29) is 36.3 Å². The zero-order valence-corrected chi connectivity index (χ0v) is 26.7. The molecule has 10 heteroatoms. The summed E-state index contributed by atoms with van der Waals surface area (Å²) in [4.78, 5) is 48.2. The summed E-state index contributed by atoms with van der Waals surface area (Å²) in [5, 5.41) is 10.8. The van der Waals surface area contributed by atoms with Gasteiger partial charge in [0.25, 0.3) is 5.91 Å². The molecule has 3 saturated heterocycles. The Labute approximate surface area is 266 Å². The molecule has 0 saturated carbocycles. The zero-order valence-electron chi connectivity index (χ0n) is 24.4. The minimum atomic E-state index is -1.29. The molecule has 3 aliphatic rings. The lowest BCUT2D eigenvalue weighted by Crippen LogP contribution is -2.59. The van der Waals surface area contributed by atoms with E-state index >= 15 is 0 Å². The number of rotatable bonds is 11. The van der Waals surface area contributed by atoms with Crippen LogP contribution < -0.4 is 9.80 Å². The number of likely N-dealkylation sites (tertiary alicyclic amines) is 1. The molecule has 1 N–H and O–H groups in total.